The van der Waals surface area contributed by atoms with Gasteiger partial charge in [-0.25, -0.2) is 4.68 Å². The fourth-order valence-corrected chi connectivity index (χ4v) is 2.13. The monoisotopic (exact) mass is 239 g/mol. The molecule has 3 rings (SSSR count). The predicted octanol–water partition coefficient (Wildman–Crippen LogP) is 1.78. The molecule has 0 bridgehead atoms. The average Bonchev–Trinajstić information content (AvgIpc) is 2.89. The Balaban J connectivity index is 2.05. The van der Waals surface area contributed by atoms with Crippen molar-refractivity contribution in [3.8, 4) is 5.69 Å². The molecule has 18 heavy (non-hydrogen) atoms. The lowest BCUT2D eigenvalue weighted by atomic mass is 10.1. The van der Waals surface area contributed by atoms with Gasteiger partial charge in [-0.2, -0.15) is 5.10 Å². The van der Waals surface area contributed by atoms with Gasteiger partial charge < -0.3 is 5.32 Å². The summed E-state index contributed by atoms with van der Waals surface area (Å²) in [6.07, 6.45) is 4.25. The zero-order valence-corrected chi connectivity index (χ0v) is 9.84. The van der Waals surface area contributed by atoms with Gasteiger partial charge in [-0.05, 0) is 30.2 Å². The summed E-state index contributed by atoms with van der Waals surface area (Å²) in [6, 6.07) is 11.9. The van der Waals surface area contributed by atoms with Gasteiger partial charge in [0.05, 0.1) is 17.6 Å². The minimum Gasteiger partial charge on any atom is -0.352 e. The highest BCUT2D eigenvalue weighted by Gasteiger charge is 2.14. The molecular weight excluding hydrogens is 226 g/mol. The molecule has 0 aliphatic carbocycles. The van der Waals surface area contributed by atoms with Crippen molar-refractivity contribution in [1.82, 2.24) is 15.1 Å². The first-order chi connectivity index (χ1) is 8.84. The van der Waals surface area contributed by atoms with E-state index in [0.29, 0.717) is 6.54 Å². The third kappa shape index (κ3) is 1.93. The number of rotatable bonds is 2. The van der Waals surface area contributed by atoms with Gasteiger partial charge in [-0.15, -0.1) is 0 Å². The van der Waals surface area contributed by atoms with Crippen LogP contribution >= 0.6 is 0 Å². The van der Waals surface area contributed by atoms with E-state index in [1.165, 1.54) is 0 Å². The summed E-state index contributed by atoms with van der Waals surface area (Å²) in [5.41, 5.74) is 3.01. The number of carbonyl (C=O) groups excluding carboxylic acids is 1. The van der Waals surface area contributed by atoms with Crippen molar-refractivity contribution >= 4 is 11.5 Å². The van der Waals surface area contributed by atoms with Crippen LogP contribution in [0.4, 0.5) is 0 Å². The number of carbonyl (C=O) groups is 1. The quantitative estimate of drug-likeness (QED) is 0.868. The van der Waals surface area contributed by atoms with Crippen molar-refractivity contribution in [3.63, 3.8) is 0 Å². The van der Waals surface area contributed by atoms with Gasteiger partial charge in [-0.3, -0.25) is 4.79 Å². The molecule has 1 aromatic heterocycles. The maximum atomic E-state index is 11.4. The SMILES string of the molecule is O=C1C=C(c2ccnn2-c2ccccc2)CCN1. The summed E-state index contributed by atoms with van der Waals surface area (Å²) in [6.45, 7) is 0.685. The lowest BCUT2D eigenvalue weighted by Gasteiger charge is -2.15. The lowest BCUT2D eigenvalue weighted by molar-refractivity contribution is -0.116. The summed E-state index contributed by atoms with van der Waals surface area (Å²) in [7, 11) is 0. The van der Waals surface area contributed by atoms with Crippen LogP contribution in [0, 0.1) is 0 Å². The van der Waals surface area contributed by atoms with Crippen molar-refractivity contribution in [2.75, 3.05) is 6.54 Å². The highest BCUT2D eigenvalue weighted by molar-refractivity contribution is 5.96. The highest BCUT2D eigenvalue weighted by atomic mass is 16.1. The fourth-order valence-electron chi connectivity index (χ4n) is 2.13. The second kappa shape index (κ2) is 4.49. The molecule has 1 aliphatic heterocycles. The Hall–Kier alpha value is -2.36. The Morgan fingerprint density at radius 1 is 1.17 bits per heavy atom. The van der Waals surface area contributed by atoms with Crippen molar-refractivity contribution in [3.05, 3.63) is 54.4 Å². The number of para-hydroxylation sites is 1. The molecule has 1 amide bonds. The number of nitrogens with zero attached hydrogens (tertiary/aromatic N) is 2. The smallest absolute Gasteiger partial charge is 0.244 e. The Labute approximate surface area is 105 Å². The number of benzene rings is 1. The summed E-state index contributed by atoms with van der Waals surface area (Å²) >= 11 is 0. The van der Waals surface area contributed by atoms with Gasteiger partial charge in [0.1, 0.15) is 0 Å². The number of aromatic nitrogens is 2. The molecule has 0 radical (unpaired) electrons. The summed E-state index contributed by atoms with van der Waals surface area (Å²) in [5.74, 6) is -0.0305. The molecule has 2 aromatic rings. The van der Waals surface area contributed by atoms with E-state index in [9.17, 15) is 4.79 Å². The van der Waals surface area contributed by atoms with Crippen LogP contribution in [0.15, 0.2) is 48.7 Å². The van der Waals surface area contributed by atoms with E-state index in [0.717, 1.165) is 23.4 Å². The molecule has 0 atom stereocenters. The molecule has 1 aromatic carbocycles. The molecule has 0 saturated carbocycles. The van der Waals surface area contributed by atoms with Gasteiger partial charge in [0.25, 0.3) is 0 Å². The molecule has 0 unspecified atom stereocenters. The summed E-state index contributed by atoms with van der Waals surface area (Å²) in [5, 5.41) is 7.12. The van der Waals surface area contributed by atoms with Gasteiger partial charge >= 0.3 is 0 Å². The zero-order chi connectivity index (χ0) is 12.4. The first kappa shape index (κ1) is 10.8. The largest absolute Gasteiger partial charge is 0.352 e. The van der Waals surface area contributed by atoms with Gasteiger partial charge in [0.15, 0.2) is 0 Å². The molecule has 0 fully saturated rings. The van der Waals surface area contributed by atoms with Crippen molar-refractivity contribution in [2.45, 2.75) is 6.42 Å². The van der Waals surface area contributed by atoms with Crippen molar-refractivity contribution in [2.24, 2.45) is 0 Å². The molecule has 0 spiro atoms. The Kier molecular flexibility index (Phi) is 2.68. The minimum atomic E-state index is -0.0305. The van der Waals surface area contributed by atoms with E-state index in [1.54, 1.807) is 12.3 Å². The van der Waals surface area contributed by atoms with Gasteiger partial charge in [0.2, 0.25) is 5.91 Å². The Morgan fingerprint density at radius 2 is 2.00 bits per heavy atom. The fraction of sp³-hybridized carbons (Fsp3) is 0.143. The maximum Gasteiger partial charge on any atom is 0.244 e. The summed E-state index contributed by atoms with van der Waals surface area (Å²) < 4.78 is 1.87. The molecule has 2 heterocycles. The topological polar surface area (TPSA) is 46.9 Å². The van der Waals surface area contributed by atoms with Crippen LogP contribution in [-0.4, -0.2) is 22.2 Å². The lowest BCUT2D eigenvalue weighted by Crippen LogP contribution is -2.27. The molecule has 4 nitrogen and oxygen atoms in total. The second-order valence-corrected chi connectivity index (χ2v) is 4.17. The number of amides is 1. The van der Waals surface area contributed by atoms with Crippen molar-refractivity contribution in [1.29, 1.82) is 0 Å². The third-order valence-corrected chi connectivity index (χ3v) is 2.97. The molecule has 1 aliphatic rings. The van der Waals surface area contributed by atoms with E-state index >= 15 is 0 Å². The normalized spacial score (nSPS) is 15.1. The summed E-state index contributed by atoms with van der Waals surface area (Å²) in [4.78, 5) is 11.4. The van der Waals surface area contributed by atoms with Gasteiger partial charge in [-0.1, -0.05) is 18.2 Å². The number of hydrogen-bond donors (Lipinski definition) is 1. The third-order valence-electron chi connectivity index (χ3n) is 2.97. The standard InChI is InChI=1S/C14H13N3O/c18-14-10-11(6-8-15-14)13-7-9-16-17(13)12-4-2-1-3-5-12/h1-5,7,9-10H,6,8H2,(H,15,18). The van der Waals surface area contributed by atoms with Crippen LogP contribution in [0.5, 0.6) is 0 Å². The second-order valence-electron chi connectivity index (χ2n) is 4.17. The van der Waals surface area contributed by atoms with E-state index in [4.69, 9.17) is 0 Å². The van der Waals surface area contributed by atoms with Crippen LogP contribution in [0.2, 0.25) is 0 Å². The van der Waals surface area contributed by atoms with Crippen LogP contribution in [0.1, 0.15) is 12.1 Å². The van der Waals surface area contributed by atoms with Gasteiger partial charge in [0, 0.05) is 12.6 Å². The van der Waals surface area contributed by atoms with E-state index < -0.39 is 0 Å². The average molecular weight is 239 g/mol. The zero-order valence-electron chi connectivity index (χ0n) is 9.84. The van der Waals surface area contributed by atoms with E-state index in [-0.39, 0.29) is 5.91 Å². The first-order valence-corrected chi connectivity index (χ1v) is 5.93. The molecule has 1 N–H and O–H groups in total. The Bertz CT molecular complexity index is 599. The highest BCUT2D eigenvalue weighted by Crippen LogP contribution is 2.22. The van der Waals surface area contributed by atoms with Crippen molar-refractivity contribution < 1.29 is 4.79 Å². The minimum absolute atomic E-state index is 0.0305. The van der Waals surface area contributed by atoms with E-state index in [2.05, 4.69) is 10.4 Å². The molecule has 0 saturated heterocycles. The van der Waals surface area contributed by atoms with E-state index in [1.807, 2.05) is 41.1 Å². The maximum absolute atomic E-state index is 11.4. The molecule has 4 heteroatoms. The number of nitrogens with one attached hydrogen (secondary N) is 1. The molecule has 90 valence electrons. The van der Waals surface area contributed by atoms with Crippen LogP contribution in [-0.2, 0) is 4.79 Å². The van der Waals surface area contributed by atoms with Crippen LogP contribution in [0.3, 0.4) is 0 Å². The number of hydrogen-bond acceptors (Lipinski definition) is 2. The molecular formula is C14H13N3O. The Morgan fingerprint density at radius 3 is 2.78 bits per heavy atom. The first-order valence-electron chi connectivity index (χ1n) is 5.93. The van der Waals surface area contributed by atoms with Crippen LogP contribution < -0.4 is 5.32 Å². The predicted molar refractivity (Wildman–Crippen MR) is 69.2 cm³/mol. The van der Waals surface area contributed by atoms with Crippen LogP contribution in [0.25, 0.3) is 11.3 Å².